The molecule has 16 heavy (non-hydrogen) atoms. The predicted octanol–water partition coefficient (Wildman–Crippen LogP) is 3.15. The first-order valence-electron chi connectivity index (χ1n) is 5.37. The van der Waals surface area contributed by atoms with Crippen LogP contribution in [-0.2, 0) is 9.53 Å². The van der Waals surface area contributed by atoms with Crippen LogP contribution in [0.1, 0.15) is 20.3 Å². The summed E-state index contributed by atoms with van der Waals surface area (Å²) in [5, 5.41) is 0. The molecule has 92 valence electrons. The van der Waals surface area contributed by atoms with E-state index in [9.17, 15) is 4.79 Å². The van der Waals surface area contributed by atoms with E-state index in [4.69, 9.17) is 4.74 Å². The van der Waals surface area contributed by atoms with Crippen LogP contribution in [0.2, 0.25) is 0 Å². The van der Waals surface area contributed by atoms with Gasteiger partial charge in [-0.05, 0) is 39.8 Å². The highest BCUT2D eigenvalue weighted by molar-refractivity contribution is 7.73. The molecule has 0 unspecified atom stereocenters. The predicted molar refractivity (Wildman–Crippen MR) is 74.9 cm³/mol. The molecular weight excluding hydrogens is 219 g/mol. The van der Waals surface area contributed by atoms with E-state index in [0.717, 1.165) is 12.6 Å². The van der Waals surface area contributed by atoms with E-state index in [1.54, 1.807) is 0 Å². The Morgan fingerprint density at radius 2 is 1.94 bits per heavy atom. The van der Waals surface area contributed by atoms with Crippen molar-refractivity contribution in [3.05, 3.63) is 25.3 Å². The largest absolute Gasteiger partial charge is 0.457 e. The molecule has 0 N–H and O–H groups in total. The minimum Gasteiger partial charge on any atom is -0.457 e. The van der Waals surface area contributed by atoms with Gasteiger partial charge in [0.25, 0.3) is 0 Å². The first-order chi connectivity index (χ1) is 7.22. The fourth-order valence-corrected chi connectivity index (χ4v) is 3.12. The van der Waals surface area contributed by atoms with Gasteiger partial charge in [0.1, 0.15) is 5.60 Å². The van der Waals surface area contributed by atoms with Gasteiger partial charge in [-0.3, -0.25) is 0 Å². The number of carbonyl (C=O) groups excluding carboxylic acids is 1. The van der Waals surface area contributed by atoms with Gasteiger partial charge in [0.15, 0.2) is 0 Å². The van der Waals surface area contributed by atoms with Crippen molar-refractivity contribution >= 4 is 18.7 Å². The highest BCUT2D eigenvalue weighted by Gasteiger charge is 2.22. The van der Waals surface area contributed by atoms with Gasteiger partial charge in [-0.1, -0.05) is 25.0 Å². The van der Waals surface area contributed by atoms with Crippen molar-refractivity contribution in [2.75, 3.05) is 19.5 Å². The molecule has 0 rings (SSSR count). The molecule has 0 radical (unpaired) electrons. The number of rotatable bonds is 6. The lowest BCUT2D eigenvalue weighted by molar-refractivity contribution is -0.150. The van der Waals surface area contributed by atoms with Crippen LogP contribution in [0.3, 0.4) is 0 Å². The zero-order valence-corrected chi connectivity index (χ0v) is 11.7. The van der Waals surface area contributed by atoms with Crippen molar-refractivity contribution in [2.45, 2.75) is 25.9 Å². The summed E-state index contributed by atoms with van der Waals surface area (Å²) in [5.41, 5.74) is -0.419. The van der Waals surface area contributed by atoms with Crippen LogP contribution in [0.4, 0.5) is 0 Å². The molecule has 0 aliphatic heterocycles. The van der Waals surface area contributed by atoms with Crippen LogP contribution >= 0.6 is 6.89 Å². The molecule has 0 fully saturated rings. The van der Waals surface area contributed by atoms with Crippen LogP contribution in [-0.4, -0.2) is 36.9 Å². The maximum atomic E-state index is 11.1. The van der Waals surface area contributed by atoms with Crippen molar-refractivity contribution in [3.63, 3.8) is 0 Å². The minimum absolute atomic E-state index is 0.353. The van der Waals surface area contributed by atoms with Crippen LogP contribution in [0.15, 0.2) is 25.3 Å². The number of ether oxygens (including phenoxy) is 1. The molecule has 3 heteroatoms. The number of allylic oxidation sites excluding steroid dienone is 1. The third-order valence-corrected chi connectivity index (χ3v) is 4.74. The maximum Gasteiger partial charge on any atom is 0.330 e. The van der Waals surface area contributed by atoms with Crippen molar-refractivity contribution in [3.8, 4) is 0 Å². The number of esters is 1. The Hall–Kier alpha value is -0.750. The van der Waals surface area contributed by atoms with Gasteiger partial charge in [0.05, 0.1) is 0 Å². The number of carbonyl (C=O) groups is 1. The quantitative estimate of drug-likeness (QED) is 0.406. The van der Waals surface area contributed by atoms with Crippen molar-refractivity contribution < 1.29 is 9.53 Å². The van der Waals surface area contributed by atoms with Gasteiger partial charge in [-0.15, -0.1) is 6.89 Å². The Balaban J connectivity index is 4.39. The number of hydrogen-bond donors (Lipinski definition) is 0. The van der Waals surface area contributed by atoms with Crippen LogP contribution in [0, 0.1) is 0 Å². The standard InChI is InChI=1S/C13H23O2P/c1-7-10-16(5,6)11-9-13(3,4)15-12(14)8-2/h7-8,10H,1-2,9,11H2,3-6H3. The molecule has 0 atom stereocenters. The summed E-state index contributed by atoms with van der Waals surface area (Å²) in [4.78, 5) is 11.1. The summed E-state index contributed by atoms with van der Waals surface area (Å²) in [6, 6.07) is 0. The number of hydrogen-bond acceptors (Lipinski definition) is 2. The van der Waals surface area contributed by atoms with Crippen LogP contribution < -0.4 is 0 Å². The van der Waals surface area contributed by atoms with E-state index in [-0.39, 0.29) is 5.97 Å². The topological polar surface area (TPSA) is 26.3 Å². The average molecular weight is 242 g/mol. The van der Waals surface area contributed by atoms with E-state index in [1.165, 1.54) is 6.08 Å². The van der Waals surface area contributed by atoms with Gasteiger partial charge < -0.3 is 4.74 Å². The average Bonchev–Trinajstić information content (AvgIpc) is 2.14. The minimum atomic E-state index is -1.05. The van der Waals surface area contributed by atoms with Crippen LogP contribution in [0.25, 0.3) is 0 Å². The molecule has 0 bridgehead atoms. The van der Waals surface area contributed by atoms with Gasteiger partial charge in [0, 0.05) is 6.08 Å². The molecule has 0 aromatic heterocycles. The Labute approximate surface area is 99.4 Å². The molecule has 0 saturated heterocycles. The third-order valence-electron chi connectivity index (χ3n) is 2.34. The molecule has 0 aliphatic carbocycles. The molecular formula is C13H23O2P. The second kappa shape index (κ2) is 6.10. The molecule has 0 saturated carbocycles. The Kier molecular flexibility index (Phi) is 5.81. The van der Waals surface area contributed by atoms with Crippen molar-refractivity contribution in [1.29, 1.82) is 0 Å². The van der Waals surface area contributed by atoms with Crippen LogP contribution in [0.5, 0.6) is 0 Å². The lowest BCUT2D eigenvalue weighted by atomic mass is 10.1. The summed E-state index contributed by atoms with van der Waals surface area (Å²) < 4.78 is 5.28. The Morgan fingerprint density at radius 3 is 2.38 bits per heavy atom. The van der Waals surface area contributed by atoms with Gasteiger partial charge in [-0.2, -0.15) is 0 Å². The molecule has 2 nitrogen and oxygen atoms in total. The van der Waals surface area contributed by atoms with Gasteiger partial charge in [-0.25, -0.2) is 4.79 Å². The smallest absolute Gasteiger partial charge is 0.330 e. The summed E-state index contributed by atoms with van der Waals surface area (Å²) in [6.45, 7) is 14.4. The third kappa shape index (κ3) is 6.68. The summed E-state index contributed by atoms with van der Waals surface area (Å²) >= 11 is 0. The fourth-order valence-electron chi connectivity index (χ4n) is 1.28. The zero-order chi connectivity index (χ0) is 12.8. The molecule has 0 spiro atoms. The second-order valence-corrected chi connectivity index (χ2v) is 9.32. The highest BCUT2D eigenvalue weighted by Crippen LogP contribution is 2.40. The molecule has 0 heterocycles. The van der Waals surface area contributed by atoms with E-state index >= 15 is 0 Å². The van der Waals surface area contributed by atoms with E-state index < -0.39 is 12.5 Å². The van der Waals surface area contributed by atoms with Gasteiger partial charge >= 0.3 is 5.97 Å². The van der Waals surface area contributed by atoms with Crippen molar-refractivity contribution in [2.24, 2.45) is 0 Å². The first kappa shape index (κ1) is 15.2. The van der Waals surface area contributed by atoms with E-state index in [1.807, 2.05) is 19.9 Å². The lowest BCUT2D eigenvalue weighted by Gasteiger charge is -2.27. The monoisotopic (exact) mass is 242 g/mol. The zero-order valence-electron chi connectivity index (χ0n) is 10.8. The first-order valence-corrected chi connectivity index (χ1v) is 8.31. The SMILES string of the molecule is C=CC=P(C)(C)CCC(C)(C)OC(=O)C=C. The Morgan fingerprint density at radius 1 is 1.38 bits per heavy atom. The second-order valence-electron chi connectivity index (χ2n) is 5.02. The van der Waals surface area contributed by atoms with E-state index in [0.29, 0.717) is 0 Å². The van der Waals surface area contributed by atoms with E-state index in [2.05, 4.69) is 32.3 Å². The maximum absolute atomic E-state index is 11.1. The van der Waals surface area contributed by atoms with Gasteiger partial charge in [0.2, 0.25) is 0 Å². The van der Waals surface area contributed by atoms with Crippen molar-refractivity contribution in [1.82, 2.24) is 0 Å². The fraction of sp³-hybridized carbons (Fsp3) is 0.538. The summed E-state index contributed by atoms with van der Waals surface area (Å²) in [6.07, 6.45) is 4.97. The molecule has 0 aromatic rings. The summed E-state index contributed by atoms with van der Waals surface area (Å²) in [5.74, 6) is 1.83. The lowest BCUT2D eigenvalue weighted by Crippen LogP contribution is -2.28. The highest BCUT2D eigenvalue weighted by atomic mass is 31.2. The molecule has 0 aliphatic rings. The Bertz CT molecular complexity index is 321. The molecule has 0 amide bonds. The summed E-state index contributed by atoms with van der Waals surface area (Å²) in [7, 11) is 0. The molecule has 0 aromatic carbocycles. The normalized spacial score (nSPS) is 11.8.